The lowest BCUT2D eigenvalue weighted by Crippen LogP contribution is -2.24. The Morgan fingerprint density at radius 2 is 1.86 bits per heavy atom. The molecular weight excluding hydrogens is 397 g/mol. The van der Waals surface area contributed by atoms with Gasteiger partial charge >= 0.3 is 0 Å². The molecule has 2 heterocycles. The first-order valence-corrected chi connectivity index (χ1v) is 8.86. The van der Waals surface area contributed by atoms with Crippen molar-refractivity contribution in [3.63, 3.8) is 0 Å². The number of amides is 1. The van der Waals surface area contributed by atoms with Gasteiger partial charge in [0, 0.05) is 37.1 Å². The zero-order chi connectivity index (χ0) is 18.1. The van der Waals surface area contributed by atoms with Crippen LogP contribution in [0.1, 0.15) is 32.8 Å². The number of halogens is 2. The lowest BCUT2D eigenvalue weighted by atomic mass is 10.1. The molecule has 1 aliphatic heterocycles. The van der Waals surface area contributed by atoms with Crippen molar-refractivity contribution >= 4 is 41.7 Å². The van der Waals surface area contributed by atoms with Crippen LogP contribution in [0.4, 0.5) is 0 Å². The summed E-state index contributed by atoms with van der Waals surface area (Å²) in [6.07, 6.45) is 0. The zero-order valence-corrected chi connectivity index (χ0v) is 17.6. The van der Waals surface area contributed by atoms with Crippen molar-refractivity contribution in [1.29, 1.82) is 0 Å². The maximum Gasteiger partial charge on any atom is 0.287 e. The van der Waals surface area contributed by atoms with E-state index in [1.165, 1.54) is 11.1 Å². The molecule has 5 nitrogen and oxygen atoms in total. The highest BCUT2D eigenvalue weighted by molar-refractivity contribution is 5.99. The second kappa shape index (κ2) is 9.43. The summed E-state index contributed by atoms with van der Waals surface area (Å²) in [4.78, 5) is 14.8. The minimum Gasteiger partial charge on any atom is -0.451 e. The van der Waals surface area contributed by atoms with Crippen LogP contribution in [-0.4, -0.2) is 24.9 Å². The highest BCUT2D eigenvalue weighted by Crippen LogP contribution is 2.27. The molecule has 0 aliphatic carbocycles. The van der Waals surface area contributed by atoms with Gasteiger partial charge in [-0.3, -0.25) is 4.79 Å². The number of hydrogen-bond donors (Lipinski definition) is 2. The Morgan fingerprint density at radius 3 is 2.64 bits per heavy atom. The minimum absolute atomic E-state index is 0. The van der Waals surface area contributed by atoms with Gasteiger partial charge in [0.05, 0.1) is 0 Å². The van der Waals surface area contributed by atoms with Gasteiger partial charge in [-0.1, -0.05) is 36.4 Å². The first kappa shape index (κ1) is 22.2. The number of nitrogens with zero attached hydrogens (tertiary/aromatic N) is 1. The predicted molar refractivity (Wildman–Crippen MR) is 116 cm³/mol. The topological polar surface area (TPSA) is 57.5 Å². The molecule has 2 aromatic carbocycles. The van der Waals surface area contributed by atoms with Gasteiger partial charge in [-0.25, -0.2) is 0 Å². The summed E-state index contributed by atoms with van der Waals surface area (Å²) in [5.74, 6) is 0.236. The largest absolute Gasteiger partial charge is 0.451 e. The van der Waals surface area contributed by atoms with Gasteiger partial charge in [-0.05, 0) is 36.9 Å². The molecule has 7 heteroatoms. The van der Waals surface area contributed by atoms with E-state index in [0.29, 0.717) is 18.8 Å². The third-order valence-electron chi connectivity index (χ3n) is 4.73. The van der Waals surface area contributed by atoms with Crippen molar-refractivity contribution in [2.24, 2.45) is 0 Å². The van der Waals surface area contributed by atoms with Crippen molar-refractivity contribution in [2.75, 3.05) is 14.1 Å². The highest BCUT2D eigenvalue weighted by Gasteiger charge is 2.21. The van der Waals surface area contributed by atoms with Crippen molar-refractivity contribution < 1.29 is 9.21 Å². The van der Waals surface area contributed by atoms with Gasteiger partial charge in [0.15, 0.2) is 5.76 Å². The Hall–Kier alpha value is -2.05. The second-order valence-corrected chi connectivity index (χ2v) is 7.03. The van der Waals surface area contributed by atoms with Crippen molar-refractivity contribution in [2.45, 2.75) is 26.2 Å². The van der Waals surface area contributed by atoms with Crippen molar-refractivity contribution in [3.05, 3.63) is 70.5 Å². The number of furan rings is 1. The van der Waals surface area contributed by atoms with E-state index in [9.17, 15) is 4.79 Å². The van der Waals surface area contributed by atoms with E-state index in [0.717, 1.165) is 35.2 Å². The lowest BCUT2D eigenvalue weighted by Gasteiger charge is -2.10. The average Bonchev–Trinajstić information content (AvgIpc) is 3.24. The number of para-hydroxylation sites is 1. The molecule has 0 unspecified atom stereocenters. The molecule has 0 saturated heterocycles. The molecule has 3 aromatic rings. The summed E-state index contributed by atoms with van der Waals surface area (Å²) in [6.45, 7) is 2.97. The van der Waals surface area contributed by atoms with Gasteiger partial charge in [-0.15, -0.1) is 24.8 Å². The van der Waals surface area contributed by atoms with Crippen LogP contribution in [0.3, 0.4) is 0 Å². The summed E-state index contributed by atoms with van der Waals surface area (Å²) in [5, 5.41) is 7.34. The fraction of sp³-hybridized carbons (Fsp3) is 0.286. The minimum atomic E-state index is -0.170. The smallest absolute Gasteiger partial charge is 0.287 e. The number of carbonyl (C=O) groups excluding carboxylic acids is 1. The van der Waals surface area contributed by atoms with E-state index in [4.69, 9.17) is 4.42 Å². The van der Waals surface area contributed by atoms with Crippen LogP contribution in [0.2, 0.25) is 0 Å². The SMILES string of the molecule is CN(C)Cc1c(C(=O)NCc2ccc3c(c2)CNC3)oc2ccccc12.Cl.Cl. The number of hydrogen-bond acceptors (Lipinski definition) is 4. The van der Waals surface area contributed by atoms with E-state index in [-0.39, 0.29) is 30.7 Å². The third-order valence-corrected chi connectivity index (χ3v) is 4.73. The van der Waals surface area contributed by atoms with Crippen LogP contribution in [0, 0.1) is 0 Å². The number of benzene rings is 2. The maximum absolute atomic E-state index is 12.8. The molecule has 1 aromatic heterocycles. The van der Waals surface area contributed by atoms with Crippen molar-refractivity contribution in [3.8, 4) is 0 Å². The van der Waals surface area contributed by atoms with Crippen LogP contribution in [0.15, 0.2) is 46.9 Å². The second-order valence-electron chi connectivity index (χ2n) is 7.03. The molecule has 28 heavy (non-hydrogen) atoms. The molecule has 0 saturated carbocycles. The molecule has 4 rings (SSSR count). The molecular formula is C21H25Cl2N3O2. The monoisotopic (exact) mass is 421 g/mol. The number of carbonyl (C=O) groups is 1. The first-order valence-electron chi connectivity index (χ1n) is 8.86. The Bertz CT molecular complexity index is 969. The van der Waals surface area contributed by atoms with Gasteiger partial charge in [-0.2, -0.15) is 0 Å². The van der Waals surface area contributed by atoms with Crippen LogP contribution < -0.4 is 10.6 Å². The van der Waals surface area contributed by atoms with Crippen molar-refractivity contribution in [1.82, 2.24) is 15.5 Å². The Balaban J connectivity index is 0.00000140. The molecule has 1 aliphatic rings. The molecule has 0 radical (unpaired) electrons. The molecule has 1 amide bonds. The van der Waals surface area contributed by atoms with E-state index in [1.54, 1.807) is 0 Å². The number of fused-ring (bicyclic) bond motifs is 2. The number of rotatable bonds is 5. The molecule has 2 N–H and O–H groups in total. The van der Waals surface area contributed by atoms with Crippen LogP contribution in [0.5, 0.6) is 0 Å². The average molecular weight is 422 g/mol. The van der Waals surface area contributed by atoms with Crippen LogP contribution in [0.25, 0.3) is 11.0 Å². The predicted octanol–water partition coefficient (Wildman–Crippen LogP) is 3.87. The van der Waals surface area contributed by atoms with E-state index in [1.807, 2.05) is 43.3 Å². The number of nitrogens with one attached hydrogen (secondary N) is 2. The van der Waals surface area contributed by atoms with Gasteiger partial charge in [0.1, 0.15) is 5.58 Å². The Kier molecular flexibility index (Phi) is 7.49. The summed E-state index contributed by atoms with van der Waals surface area (Å²) in [7, 11) is 3.98. The van der Waals surface area contributed by atoms with E-state index in [2.05, 4.69) is 28.8 Å². The Labute approximate surface area is 177 Å². The summed E-state index contributed by atoms with van der Waals surface area (Å²) in [5.41, 5.74) is 5.44. The van der Waals surface area contributed by atoms with Crippen LogP contribution in [-0.2, 0) is 26.2 Å². The lowest BCUT2D eigenvalue weighted by molar-refractivity contribution is 0.0923. The zero-order valence-electron chi connectivity index (χ0n) is 16.0. The quantitative estimate of drug-likeness (QED) is 0.656. The fourth-order valence-electron chi connectivity index (χ4n) is 3.48. The maximum atomic E-state index is 12.8. The Morgan fingerprint density at radius 1 is 1.11 bits per heavy atom. The van der Waals surface area contributed by atoms with Gasteiger partial charge in [0.2, 0.25) is 0 Å². The van der Waals surface area contributed by atoms with Crippen LogP contribution >= 0.6 is 24.8 Å². The molecule has 0 bridgehead atoms. The molecule has 150 valence electrons. The summed E-state index contributed by atoms with van der Waals surface area (Å²) in [6, 6.07) is 14.2. The summed E-state index contributed by atoms with van der Waals surface area (Å²) < 4.78 is 5.88. The van der Waals surface area contributed by atoms with Gasteiger partial charge < -0.3 is 20.0 Å². The highest BCUT2D eigenvalue weighted by atomic mass is 35.5. The third kappa shape index (κ3) is 4.50. The fourth-order valence-corrected chi connectivity index (χ4v) is 3.48. The molecule has 0 fully saturated rings. The van der Waals surface area contributed by atoms with E-state index >= 15 is 0 Å². The molecule has 0 spiro atoms. The standard InChI is InChI=1S/C21H23N3O2.2ClH/c1-24(2)13-18-17-5-3-4-6-19(17)26-20(18)21(25)23-10-14-7-8-15-11-22-12-16(15)9-14;;/h3-9,22H,10-13H2,1-2H3,(H,23,25);2*1H. The first-order chi connectivity index (χ1) is 12.6. The summed E-state index contributed by atoms with van der Waals surface area (Å²) >= 11 is 0. The molecule has 0 atom stereocenters. The normalized spacial score (nSPS) is 12.4. The van der Waals surface area contributed by atoms with E-state index < -0.39 is 0 Å². The van der Waals surface area contributed by atoms with Gasteiger partial charge in [0.25, 0.3) is 5.91 Å².